The quantitative estimate of drug-likeness (QED) is 0.763. The molecule has 0 atom stereocenters. The number of nitrogens with one attached hydrogen (secondary N) is 2. The Morgan fingerprint density at radius 2 is 1.81 bits per heavy atom. The Morgan fingerprint density at radius 1 is 1.07 bits per heavy atom. The third-order valence-electron chi connectivity index (χ3n) is 4.48. The van der Waals surface area contributed by atoms with Gasteiger partial charge < -0.3 is 5.32 Å². The summed E-state index contributed by atoms with van der Waals surface area (Å²) in [6.45, 7) is -0.0515. The van der Waals surface area contributed by atoms with Crippen LogP contribution in [-0.2, 0) is 27.7 Å². The smallest absolute Gasteiger partial charge is 0.240 e. The van der Waals surface area contributed by atoms with Crippen LogP contribution in [0, 0.1) is 5.82 Å². The molecule has 0 unspecified atom stereocenters. The highest BCUT2D eigenvalue weighted by Crippen LogP contribution is 2.24. The Balaban J connectivity index is 1.56. The number of amides is 1. The normalized spacial score (nSPS) is 13.9. The van der Waals surface area contributed by atoms with Crippen LogP contribution in [0.1, 0.15) is 30.4 Å². The molecule has 2 N–H and O–H groups in total. The van der Waals surface area contributed by atoms with Gasteiger partial charge in [0.2, 0.25) is 15.9 Å². The van der Waals surface area contributed by atoms with E-state index in [4.69, 9.17) is 11.6 Å². The number of sulfonamides is 1. The lowest BCUT2D eigenvalue weighted by Gasteiger charge is -2.16. The summed E-state index contributed by atoms with van der Waals surface area (Å²) in [7, 11) is -3.68. The summed E-state index contributed by atoms with van der Waals surface area (Å²) in [5.41, 5.74) is 2.56. The van der Waals surface area contributed by atoms with Gasteiger partial charge in [-0.05, 0) is 67.1 Å². The van der Waals surface area contributed by atoms with E-state index in [1.165, 1.54) is 17.7 Å². The minimum Gasteiger partial charge on any atom is -0.325 e. The third kappa shape index (κ3) is 5.06. The Morgan fingerprint density at radius 3 is 2.56 bits per heavy atom. The average Bonchev–Trinajstić information content (AvgIpc) is 2.63. The van der Waals surface area contributed by atoms with Crippen LogP contribution in [0.3, 0.4) is 0 Å². The average molecular weight is 411 g/mol. The first kappa shape index (κ1) is 19.8. The zero-order chi connectivity index (χ0) is 19.4. The summed E-state index contributed by atoms with van der Waals surface area (Å²) in [5.74, 6) is -0.924. The summed E-state index contributed by atoms with van der Waals surface area (Å²) in [6.07, 6.45) is 3.99. The van der Waals surface area contributed by atoms with E-state index in [-0.39, 0.29) is 28.6 Å². The van der Waals surface area contributed by atoms with Gasteiger partial charge in [-0.2, -0.15) is 0 Å². The fourth-order valence-electron chi connectivity index (χ4n) is 3.06. The zero-order valence-electron chi connectivity index (χ0n) is 14.6. The number of hydrogen-bond donors (Lipinski definition) is 2. The maximum absolute atomic E-state index is 13.0. The summed E-state index contributed by atoms with van der Waals surface area (Å²) in [5, 5.41) is 2.61. The molecule has 1 aliphatic rings. The Bertz CT molecular complexity index is 963. The maximum Gasteiger partial charge on any atom is 0.240 e. The van der Waals surface area contributed by atoms with Crippen molar-refractivity contribution in [3.05, 3.63) is 58.4 Å². The van der Waals surface area contributed by atoms with Crippen molar-refractivity contribution in [1.82, 2.24) is 4.72 Å². The van der Waals surface area contributed by atoms with Crippen LogP contribution in [0.5, 0.6) is 0 Å². The van der Waals surface area contributed by atoms with Crippen molar-refractivity contribution in [1.29, 1.82) is 0 Å². The van der Waals surface area contributed by atoms with Crippen molar-refractivity contribution in [2.75, 3.05) is 11.9 Å². The van der Waals surface area contributed by atoms with E-state index in [1.807, 2.05) is 6.07 Å². The number of carbonyl (C=O) groups excluding carboxylic acids is 1. The van der Waals surface area contributed by atoms with Crippen LogP contribution in [0.15, 0.2) is 41.3 Å². The minimum atomic E-state index is -3.68. The topological polar surface area (TPSA) is 75.3 Å². The summed E-state index contributed by atoms with van der Waals surface area (Å²) >= 11 is 5.85. The van der Waals surface area contributed by atoms with Gasteiger partial charge in [-0.3, -0.25) is 4.79 Å². The first-order valence-corrected chi connectivity index (χ1v) is 10.6. The molecule has 1 amide bonds. The van der Waals surface area contributed by atoms with Crippen molar-refractivity contribution in [3.8, 4) is 0 Å². The number of halogens is 2. The fourth-order valence-corrected chi connectivity index (χ4v) is 4.36. The predicted molar refractivity (Wildman–Crippen MR) is 103 cm³/mol. The van der Waals surface area contributed by atoms with Gasteiger partial charge >= 0.3 is 0 Å². The molecule has 0 aromatic heterocycles. The van der Waals surface area contributed by atoms with Crippen molar-refractivity contribution >= 4 is 33.2 Å². The number of benzene rings is 2. The molecule has 144 valence electrons. The minimum absolute atomic E-state index is 0.0515. The fraction of sp³-hybridized carbons (Fsp3) is 0.316. The molecule has 0 heterocycles. The molecular weight excluding hydrogens is 391 g/mol. The molecule has 0 bridgehead atoms. The predicted octanol–water partition coefficient (Wildman–Crippen LogP) is 3.67. The van der Waals surface area contributed by atoms with Crippen LogP contribution in [0.2, 0.25) is 5.02 Å². The summed E-state index contributed by atoms with van der Waals surface area (Å²) in [6, 6.07) is 8.81. The van der Waals surface area contributed by atoms with Gasteiger partial charge in [0.25, 0.3) is 0 Å². The van der Waals surface area contributed by atoms with Gasteiger partial charge in [0.1, 0.15) is 5.82 Å². The van der Waals surface area contributed by atoms with Gasteiger partial charge in [0.05, 0.1) is 15.6 Å². The molecule has 0 saturated carbocycles. The molecule has 1 aliphatic carbocycles. The van der Waals surface area contributed by atoms with Crippen molar-refractivity contribution < 1.29 is 17.6 Å². The highest BCUT2D eigenvalue weighted by atomic mass is 35.5. The molecule has 2 aromatic rings. The summed E-state index contributed by atoms with van der Waals surface area (Å²) < 4.78 is 40.3. The molecule has 0 spiro atoms. The van der Waals surface area contributed by atoms with Gasteiger partial charge in [-0.1, -0.05) is 17.7 Å². The maximum atomic E-state index is 13.0. The van der Waals surface area contributed by atoms with Gasteiger partial charge in [-0.25, -0.2) is 17.5 Å². The van der Waals surface area contributed by atoms with Gasteiger partial charge in [0.15, 0.2) is 0 Å². The monoisotopic (exact) mass is 410 g/mol. The van der Waals surface area contributed by atoms with E-state index in [0.717, 1.165) is 37.3 Å². The summed E-state index contributed by atoms with van der Waals surface area (Å²) in [4.78, 5) is 12.2. The van der Waals surface area contributed by atoms with E-state index in [9.17, 15) is 17.6 Å². The number of hydrogen-bond acceptors (Lipinski definition) is 3. The molecule has 0 radical (unpaired) electrons. The van der Waals surface area contributed by atoms with E-state index < -0.39 is 21.7 Å². The van der Waals surface area contributed by atoms with Crippen LogP contribution >= 0.6 is 11.6 Å². The van der Waals surface area contributed by atoms with Gasteiger partial charge in [-0.15, -0.1) is 0 Å². The standard InChI is InChI=1S/C19H20ClFN2O3S/c20-17-12-15(21)6-8-18(17)23-19(24)9-10-22-27(25,26)16-7-5-13-3-1-2-4-14(13)11-16/h5-8,11-12,22H,1-4,9-10H2,(H,23,24). The zero-order valence-corrected chi connectivity index (χ0v) is 16.2. The Kier molecular flexibility index (Phi) is 6.14. The number of carbonyl (C=O) groups is 1. The van der Waals surface area contributed by atoms with Crippen LogP contribution < -0.4 is 10.0 Å². The second-order valence-corrected chi connectivity index (χ2v) is 8.63. The molecule has 8 heteroatoms. The molecule has 0 saturated heterocycles. The lowest BCUT2D eigenvalue weighted by molar-refractivity contribution is -0.116. The number of rotatable bonds is 6. The van der Waals surface area contributed by atoms with Gasteiger partial charge in [0, 0.05) is 13.0 Å². The number of aryl methyl sites for hydroxylation is 2. The molecule has 27 heavy (non-hydrogen) atoms. The second-order valence-electron chi connectivity index (χ2n) is 6.46. The first-order chi connectivity index (χ1) is 12.8. The van der Waals surface area contributed by atoms with Crippen LogP contribution in [0.4, 0.5) is 10.1 Å². The van der Waals surface area contributed by atoms with E-state index in [0.29, 0.717) is 0 Å². The van der Waals surface area contributed by atoms with E-state index in [1.54, 1.807) is 12.1 Å². The van der Waals surface area contributed by atoms with Crippen LogP contribution in [0.25, 0.3) is 0 Å². The largest absolute Gasteiger partial charge is 0.325 e. The Hall–Kier alpha value is -1.96. The van der Waals surface area contributed by atoms with E-state index >= 15 is 0 Å². The van der Waals surface area contributed by atoms with Crippen molar-refractivity contribution in [3.63, 3.8) is 0 Å². The second kappa shape index (κ2) is 8.37. The SMILES string of the molecule is O=C(CCNS(=O)(=O)c1ccc2c(c1)CCCC2)Nc1ccc(F)cc1Cl. The number of anilines is 1. The highest BCUT2D eigenvalue weighted by Gasteiger charge is 2.18. The molecule has 2 aromatic carbocycles. The first-order valence-electron chi connectivity index (χ1n) is 8.71. The number of fused-ring (bicyclic) bond motifs is 1. The van der Waals surface area contributed by atoms with E-state index in [2.05, 4.69) is 10.0 Å². The highest BCUT2D eigenvalue weighted by molar-refractivity contribution is 7.89. The molecule has 3 rings (SSSR count). The van der Waals surface area contributed by atoms with Crippen molar-refractivity contribution in [2.45, 2.75) is 37.0 Å². The Labute approximate surface area is 163 Å². The third-order valence-corrected chi connectivity index (χ3v) is 6.25. The van der Waals surface area contributed by atoms with Crippen LogP contribution in [-0.4, -0.2) is 20.9 Å². The molecular formula is C19H20ClFN2O3S. The lowest BCUT2D eigenvalue weighted by atomic mass is 9.92. The molecule has 0 aliphatic heterocycles. The lowest BCUT2D eigenvalue weighted by Crippen LogP contribution is -2.28. The molecule has 5 nitrogen and oxygen atoms in total. The molecule has 0 fully saturated rings. The van der Waals surface area contributed by atoms with Crippen molar-refractivity contribution in [2.24, 2.45) is 0 Å².